The van der Waals surface area contributed by atoms with Gasteiger partial charge in [0, 0.05) is 19.5 Å². The Morgan fingerprint density at radius 1 is 1.28 bits per heavy atom. The van der Waals surface area contributed by atoms with E-state index in [4.69, 9.17) is 4.74 Å². The quantitative estimate of drug-likeness (QED) is 0.731. The lowest BCUT2D eigenvalue weighted by Crippen LogP contribution is -2.43. The van der Waals surface area contributed by atoms with Crippen molar-refractivity contribution in [2.45, 2.75) is 32.1 Å². The summed E-state index contributed by atoms with van der Waals surface area (Å²) in [7, 11) is 0. The molecule has 1 aromatic carbocycles. The van der Waals surface area contributed by atoms with Crippen LogP contribution in [0.5, 0.6) is 5.75 Å². The average Bonchev–Trinajstić information content (AvgIpc) is 2.56. The van der Waals surface area contributed by atoms with E-state index in [0.29, 0.717) is 38.1 Å². The number of carboxylic acid groups (broad SMARTS) is 1. The molecule has 0 unspecified atom stereocenters. The van der Waals surface area contributed by atoms with Gasteiger partial charge in [-0.05, 0) is 31.4 Å². The first-order valence-electron chi connectivity index (χ1n) is 8.54. The molecule has 7 nitrogen and oxygen atoms in total. The summed E-state index contributed by atoms with van der Waals surface area (Å²) in [6.45, 7) is 0.898. The molecular formula is C18H22N2O5. The topological polar surface area (TPSA) is 95.9 Å². The molecule has 0 saturated heterocycles. The van der Waals surface area contributed by atoms with Crippen LogP contribution in [-0.2, 0) is 14.4 Å². The molecular weight excluding hydrogens is 324 g/mol. The van der Waals surface area contributed by atoms with Crippen LogP contribution in [0.4, 0.5) is 5.69 Å². The largest absolute Gasteiger partial charge is 0.482 e. The number of nitrogens with one attached hydrogen (secondary N) is 1. The minimum Gasteiger partial charge on any atom is -0.482 e. The Bertz CT molecular complexity index is 684. The van der Waals surface area contributed by atoms with Gasteiger partial charge >= 0.3 is 5.97 Å². The van der Waals surface area contributed by atoms with Gasteiger partial charge in [-0.25, -0.2) is 0 Å². The second kappa shape index (κ2) is 7.13. The van der Waals surface area contributed by atoms with E-state index in [0.717, 1.165) is 12.1 Å². The van der Waals surface area contributed by atoms with E-state index in [1.54, 1.807) is 4.90 Å². The van der Waals surface area contributed by atoms with E-state index in [9.17, 15) is 19.5 Å². The van der Waals surface area contributed by atoms with Crippen molar-refractivity contribution in [3.8, 4) is 5.75 Å². The standard InChI is InChI=1S/C18H22N2O5/c21-15(11-18(17(23)24)7-3-8-18)19-9-4-10-20-13-5-1-2-6-14(13)25-12-16(20)22/h1-2,5-6H,3-4,7-12H2,(H,19,21)(H,23,24). The molecule has 1 aromatic rings. The number of aliphatic carboxylic acids is 1. The summed E-state index contributed by atoms with van der Waals surface area (Å²) in [4.78, 5) is 37.0. The van der Waals surface area contributed by atoms with Crippen LogP contribution in [0.3, 0.4) is 0 Å². The molecule has 1 saturated carbocycles. The predicted molar refractivity (Wildman–Crippen MR) is 90.5 cm³/mol. The lowest BCUT2D eigenvalue weighted by atomic mass is 9.66. The molecule has 2 N–H and O–H groups in total. The Morgan fingerprint density at radius 2 is 2.04 bits per heavy atom. The summed E-state index contributed by atoms with van der Waals surface area (Å²) < 4.78 is 5.39. The maximum Gasteiger partial charge on any atom is 0.310 e. The van der Waals surface area contributed by atoms with Crippen LogP contribution >= 0.6 is 0 Å². The highest BCUT2D eigenvalue weighted by molar-refractivity contribution is 5.97. The fourth-order valence-electron chi connectivity index (χ4n) is 3.30. The van der Waals surface area contributed by atoms with Crippen LogP contribution in [0.1, 0.15) is 32.1 Å². The van der Waals surface area contributed by atoms with Gasteiger partial charge in [0.25, 0.3) is 5.91 Å². The number of hydrogen-bond acceptors (Lipinski definition) is 4. The van der Waals surface area contributed by atoms with E-state index < -0.39 is 11.4 Å². The summed E-state index contributed by atoms with van der Waals surface area (Å²) in [6.07, 6.45) is 2.61. The molecule has 2 amide bonds. The highest BCUT2D eigenvalue weighted by Gasteiger charge is 2.45. The van der Waals surface area contributed by atoms with Crippen LogP contribution < -0.4 is 15.0 Å². The first kappa shape index (κ1) is 17.3. The molecule has 25 heavy (non-hydrogen) atoms. The summed E-state index contributed by atoms with van der Waals surface area (Å²) in [5.41, 5.74) is -0.132. The maximum absolute atomic E-state index is 12.0. The average molecular weight is 346 g/mol. The fraction of sp³-hybridized carbons (Fsp3) is 0.500. The van der Waals surface area contributed by atoms with Gasteiger partial charge < -0.3 is 20.1 Å². The molecule has 1 aliphatic carbocycles. The molecule has 0 bridgehead atoms. The van der Waals surface area contributed by atoms with Gasteiger partial charge in [0.1, 0.15) is 5.75 Å². The zero-order valence-corrected chi connectivity index (χ0v) is 14.0. The van der Waals surface area contributed by atoms with Crippen molar-refractivity contribution in [3.63, 3.8) is 0 Å². The number of benzene rings is 1. The van der Waals surface area contributed by atoms with Gasteiger partial charge in [0.15, 0.2) is 6.61 Å². The number of para-hydroxylation sites is 2. The molecule has 3 rings (SSSR count). The molecule has 7 heteroatoms. The molecule has 1 heterocycles. The number of rotatable bonds is 7. The third-order valence-corrected chi connectivity index (χ3v) is 4.95. The fourth-order valence-corrected chi connectivity index (χ4v) is 3.30. The number of hydrogen-bond donors (Lipinski definition) is 2. The Balaban J connectivity index is 1.46. The third-order valence-electron chi connectivity index (χ3n) is 4.95. The monoisotopic (exact) mass is 346 g/mol. The highest BCUT2D eigenvalue weighted by atomic mass is 16.5. The SMILES string of the molecule is O=C(CC1(C(=O)O)CCC1)NCCCN1C(=O)COc2ccccc21. The molecule has 134 valence electrons. The first-order chi connectivity index (χ1) is 12.0. The number of carboxylic acids is 1. The van der Waals surface area contributed by atoms with E-state index >= 15 is 0 Å². The van der Waals surface area contributed by atoms with Gasteiger partial charge in [-0.3, -0.25) is 14.4 Å². The molecule has 1 aliphatic heterocycles. The van der Waals surface area contributed by atoms with Gasteiger partial charge in [0.2, 0.25) is 5.91 Å². The van der Waals surface area contributed by atoms with Gasteiger partial charge in [-0.15, -0.1) is 0 Å². The Labute approximate surface area is 146 Å². The van der Waals surface area contributed by atoms with Crippen LogP contribution in [0, 0.1) is 5.41 Å². The van der Waals surface area contributed by atoms with Gasteiger partial charge in [-0.2, -0.15) is 0 Å². The molecule has 0 spiro atoms. The number of nitrogens with zero attached hydrogens (tertiary/aromatic N) is 1. The van der Waals surface area contributed by atoms with Crippen LogP contribution in [0.25, 0.3) is 0 Å². The van der Waals surface area contributed by atoms with E-state index in [2.05, 4.69) is 5.32 Å². The normalized spacial score (nSPS) is 17.9. The summed E-state index contributed by atoms with van der Waals surface area (Å²) in [5.74, 6) is -0.552. The third kappa shape index (κ3) is 3.60. The van der Waals surface area contributed by atoms with Crippen molar-refractivity contribution in [3.05, 3.63) is 24.3 Å². The zero-order valence-electron chi connectivity index (χ0n) is 14.0. The van der Waals surface area contributed by atoms with Crippen molar-refractivity contribution in [2.75, 3.05) is 24.6 Å². The van der Waals surface area contributed by atoms with Crippen molar-refractivity contribution in [1.82, 2.24) is 5.32 Å². The van der Waals surface area contributed by atoms with Crippen molar-refractivity contribution in [1.29, 1.82) is 0 Å². The number of anilines is 1. The van der Waals surface area contributed by atoms with E-state index in [1.807, 2.05) is 24.3 Å². The minimum atomic E-state index is -0.885. The van der Waals surface area contributed by atoms with Crippen LogP contribution in [-0.4, -0.2) is 42.6 Å². The summed E-state index contributed by atoms with van der Waals surface area (Å²) >= 11 is 0. The molecule has 2 aliphatic rings. The van der Waals surface area contributed by atoms with Crippen molar-refractivity contribution >= 4 is 23.5 Å². The zero-order chi connectivity index (χ0) is 17.9. The lowest BCUT2D eigenvalue weighted by Gasteiger charge is -2.36. The number of carbonyl (C=O) groups is 3. The van der Waals surface area contributed by atoms with Gasteiger partial charge in [0.05, 0.1) is 11.1 Å². The smallest absolute Gasteiger partial charge is 0.310 e. The summed E-state index contributed by atoms with van der Waals surface area (Å²) in [6, 6.07) is 7.35. The Kier molecular flexibility index (Phi) is 4.92. The molecule has 0 atom stereocenters. The Hall–Kier alpha value is -2.57. The van der Waals surface area contributed by atoms with Gasteiger partial charge in [-0.1, -0.05) is 18.6 Å². The Morgan fingerprint density at radius 3 is 2.72 bits per heavy atom. The van der Waals surface area contributed by atoms with Crippen molar-refractivity contribution in [2.24, 2.45) is 5.41 Å². The number of carbonyl (C=O) groups excluding carboxylic acids is 2. The second-order valence-electron chi connectivity index (χ2n) is 6.62. The minimum absolute atomic E-state index is 0.0184. The van der Waals surface area contributed by atoms with Crippen LogP contribution in [0.2, 0.25) is 0 Å². The summed E-state index contributed by atoms with van der Waals surface area (Å²) in [5, 5.41) is 12.0. The van der Waals surface area contributed by atoms with Crippen molar-refractivity contribution < 1.29 is 24.2 Å². The van der Waals surface area contributed by atoms with E-state index in [1.165, 1.54) is 0 Å². The highest BCUT2D eigenvalue weighted by Crippen LogP contribution is 2.44. The first-order valence-corrected chi connectivity index (χ1v) is 8.54. The maximum atomic E-state index is 12.0. The van der Waals surface area contributed by atoms with E-state index in [-0.39, 0.29) is 24.8 Å². The van der Waals surface area contributed by atoms with Crippen LogP contribution in [0.15, 0.2) is 24.3 Å². The number of fused-ring (bicyclic) bond motifs is 1. The number of amides is 2. The predicted octanol–water partition coefficient (Wildman–Crippen LogP) is 1.56. The molecule has 0 radical (unpaired) electrons. The lowest BCUT2D eigenvalue weighted by molar-refractivity contribution is -0.157. The molecule has 1 fully saturated rings. The molecule has 0 aromatic heterocycles. The second-order valence-corrected chi connectivity index (χ2v) is 6.62. The number of ether oxygens (including phenoxy) is 1.